The third-order valence-corrected chi connectivity index (χ3v) is 4.70. The van der Waals surface area contributed by atoms with Crippen LogP contribution in [0.1, 0.15) is 12.5 Å². The van der Waals surface area contributed by atoms with Crippen molar-refractivity contribution < 1.29 is 13.9 Å². The lowest BCUT2D eigenvalue weighted by molar-refractivity contribution is 0.00158. The van der Waals surface area contributed by atoms with Gasteiger partial charge in [0.25, 0.3) is 0 Å². The summed E-state index contributed by atoms with van der Waals surface area (Å²) in [6, 6.07) is 15.4. The molecule has 1 heterocycles. The standard InChI is InChI=1S/C21H24FN3O2/c1-17(27-21-8-4-19(22)5-9-21)25-12-10-24(11-13-25)14-15-26-20-6-2-18(16-23)3-7-20/h2-9,17H,10-15H2,1H3. The van der Waals surface area contributed by atoms with Crippen LogP contribution in [0.15, 0.2) is 48.5 Å². The first kappa shape index (κ1) is 19.2. The summed E-state index contributed by atoms with van der Waals surface area (Å²) >= 11 is 0. The van der Waals surface area contributed by atoms with E-state index in [0.29, 0.717) is 17.9 Å². The first-order valence-electron chi connectivity index (χ1n) is 9.15. The number of hydrogen-bond acceptors (Lipinski definition) is 5. The van der Waals surface area contributed by atoms with Gasteiger partial charge in [0.05, 0.1) is 11.6 Å². The summed E-state index contributed by atoms with van der Waals surface area (Å²) in [5.74, 6) is 1.21. The fourth-order valence-electron chi connectivity index (χ4n) is 3.05. The summed E-state index contributed by atoms with van der Waals surface area (Å²) in [4.78, 5) is 4.64. The topological polar surface area (TPSA) is 48.7 Å². The van der Waals surface area contributed by atoms with Crippen LogP contribution in [0.5, 0.6) is 11.5 Å². The minimum Gasteiger partial charge on any atom is -0.492 e. The number of ether oxygens (including phenoxy) is 2. The zero-order chi connectivity index (χ0) is 19.1. The lowest BCUT2D eigenvalue weighted by atomic mass is 10.2. The minimum atomic E-state index is -0.258. The Bertz CT molecular complexity index is 750. The molecule has 0 spiro atoms. The van der Waals surface area contributed by atoms with Crippen molar-refractivity contribution in [3.8, 4) is 17.6 Å². The van der Waals surface area contributed by atoms with E-state index in [0.717, 1.165) is 38.5 Å². The van der Waals surface area contributed by atoms with Crippen LogP contribution in [0, 0.1) is 17.1 Å². The molecule has 1 atom stereocenters. The number of hydrogen-bond donors (Lipinski definition) is 0. The highest BCUT2D eigenvalue weighted by molar-refractivity contribution is 5.34. The summed E-state index contributed by atoms with van der Waals surface area (Å²) < 4.78 is 24.6. The van der Waals surface area contributed by atoms with Gasteiger partial charge in [0, 0.05) is 32.7 Å². The molecule has 142 valence electrons. The smallest absolute Gasteiger partial charge is 0.149 e. The molecule has 6 heteroatoms. The Morgan fingerprint density at radius 1 is 1.00 bits per heavy atom. The molecule has 1 saturated heterocycles. The van der Waals surface area contributed by atoms with Crippen LogP contribution < -0.4 is 9.47 Å². The number of piperazine rings is 1. The molecule has 5 nitrogen and oxygen atoms in total. The molecule has 1 fully saturated rings. The Hall–Kier alpha value is -2.62. The fourth-order valence-corrected chi connectivity index (χ4v) is 3.05. The second kappa shape index (κ2) is 9.36. The molecule has 3 rings (SSSR count). The average Bonchev–Trinajstić information content (AvgIpc) is 2.71. The van der Waals surface area contributed by atoms with Gasteiger partial charge in [-0.2, -0.15) is 5.26 Å². The SMILES string of the molecule is CC(Oc1ccc(F)cc1)N1CCN(CCOc2ccc(C#N)cc2)CC1. The van der Waals surface area contributed by atoms with Crippen molar-refractivity contribution in [2.75, 3.05) is 39.3 Å². The van der Waals surface area contributed by atoms with E-state index in [1.165, 1.54) is 12.1 Å². The van der Waals surface area contributed by atoms with E-state index < -0.39 is 0 Å². The van der Waals surface area contributed by atoms with E-state index in [9.17, 15) is 4.39 Å². The molecule has 0 aromatic heterocycles. The summed E-state index contributed by atoms with van der Waals surface area (Å²) in [6.45, 7) is 7.24. The second-order valence-electron chi connectivity index (χ2n) is 6.53. The lowest BCUT2D eigenvalue weighted by Crippen LogP contribution is -2.51. The molecule has 1 aliphatic heterocycles. The minimum absolute atomic E-state index is 0.0486. The van der Waals surface area contributed by atoms with Gasteiger partial charge in [-0.3, -0.25) is 9.80 Å². The molecular weight excluding hydrogens is 345 g/mol. The van der Waals surface area contributed by atoms with Gasteiger partial charge in [-0.1, -0.05) is 0 Å². The van der Waals surface area contributed by atoms with E-state index >= 15 is 0 Å². The van der Waals surface area contributed by atoms with Crippen LogP contribution in [0.3, 0.4) is 0 Å². The molecule has 0 saturated carbocycles. The highest BCUT2D eigenvalue weighted by Crippen LogP contribution is 2.16. The van der Waals surface area contributed by atoms with Crippen molar-refractivity contribution in [3.63, 3.8) is 0 Å². The maximum absolute atomic E-state index is 13.0. The van der Waals surface area contributed by atoms with Gasteiger partial charge < -0.3 is 9.47 Å². The van der Waals surface area contributed by atoms with Gasteiger partial charge in [0.2, 0.25) is 0 Å². The maximum Gasteiger partial charge on any atom is 0.149 e. The summed E-state index contributed by atoms with van der Waals surface area (Å²) in [5, 5.41) is 8.80. The number of rotatable bonds is 7. The fraction of sp³-hybridized carbons (Fsp3) is 0.381. The molecule has 0 radical (unpaired) electrons. The lowest BCUT2D eigenvalue weighted by Gasteiger charge is -2.37. The van der Waals surface area contributed by atoms with Gasteiger partial charge in [-0.15, -0.1) is 0 Å². The molecule has 2 aromatic carbocycles. The quantitative estimate of drug-likeness (QED) is 0.751. The first-order valence-corrected chi connectivity index (χ1v) is 9.15. The first-order chi connectivity index (χ1) is 13.1. The molecule has 1 unspecified atom stereocenters. The number of halogens is 1. The molecule has 0 aliphatic carbocycles. The van der Waals surface area contributed by atoms with E-state index in [4.69, 9.17) is 14.7 Å². The van der Waals surface area contributed by atoms with Gasteiger partial charge in [-0.25, -0.2) is 4.39 Å². The highest BCUT2D eigenvalue weighted by atomic mass is 19.1. The van der Waals surface area contributed by atoms with Crippen LogP contribution in [0.2, 0.25) is 0 Å². The molecule has 0 N–H and O–H groups in total. The van der Waals surface area contributed by atoms with Crippen LogP contribution in [-0.2, 0) is 0 Å². The van der Waals surface area contributed by atoms with E-state index in [1.807, 2.05) is 19.1 Å². The van der Waals surface area contributed by atoms with Crippen molar-refractivity contribution in [1.82, 2.24) is 9.80 Å². The van der Waals surface area contributed by atoms with Crippen LogP contribution in [0.25, 0.3) is 0 Å². The molecular formula is C21H24FN3O2. The zero-order valence-corrected chi connectivity index (χ0v) is 15.5. The largest absolute Gasteiger partial charge is 0.492 e. The van der Waals surface area contributed by atoms with Gasteiger partial charge >= 0.3 is 0 Å². The maximum atomic E-state index is 13.0. The predicted octanol–water partition coefficient (Wildman–Crippen LogP) is 3.12. The summed E-state index contributed by atoms with van der Waals surface area (Å²) in [5.41, 5.74) is 0.635. The average molecular weight is 369 g/mol. The second-order valence-corrected chi connectivity index (χ2v) is 6.53. The van der Waals surface area contributed by atoms with E-state index in [1.54, 1.807) is 24.3 Å². The number of benzene rings is 2. The zero-order valence-electron chi connectivity index (χ0n) is 15.5. The van der Waals surface area contributed by atoms with E-state index in [-0.39, 0.29) is 12.0 Å². The number of nitrogens with zero attached hydrogens (tertiary/aromatic N) is 3. The Kier molecular flexibility index (Phi) is 6.64. The summed E-state index contributed by atoms with van der Waals surface area (Å²) in [6.07, 6.45) is -0.0486. The Morgan fingerprint density at radius 2 is 1.63 bits per heavy atom. The molecule has 0 bridgehead atoms. The van der Waals surface area contributed by atoms with Crippen molar-refractivity contribution >= 4 is 0 Å². The van der Waals surface area contributed by atoms with Gasteiger partial charge in [-0.05, 0) is 55.5 Å². The van der Waals surface area contributed by atoms with Crippen molar-refractivity contribution in [2.45, 2.75) is 13.2 Å². The molecule has 0 amide bonds. The van der Waals surface area contributed by atoms with Crippen molar-refractivity contribution in [3.05, 3.63) is 59.9 Å². The Labute approximate surface area is 159 Å². The van der Waals surface area contributed by atoms with Crippen LogP contribution in [0.4, 0.5) is 4.39 Å². The Balaban J connectivity index is 1.36. The monoisotopic (exact) mass is 369 g/mol. The van der Waals surface area contributed by atoms with Crippen LogP contribution >= 0.6 is 0 Å². The third kappa shape index (κ3) is 5.68. The van der Waals surface area contributed by atoms with Crippen LogP contribution in [-0.4, -0.2) is 55.4 Å². The van der Waals surface area contributed by atoms with E-state index in [2.05, 4.69) is 15.9 Å². The molecule has 2 aromatic rings. The predicted molar refractivity (Wildman–Crippen MR) is 101 cm³/mol. The van der Waals surface area contributed by atoms with Gasteiger partial charge in [0.15, 0.2) is 0 Å². The third-order valence-electron chi connectivity index (χ3n) is 4.70. The summed E-state index contributed by atoms with van der Waals surface area (Å²) in [7, 11) is 0. The molecule has 27 heavy (non-hydrogen) atoms. The van der Waals surface area contributed by atoms with Crippen molar-refractivity contribution in [1.29, 1.82) is 5.26 Å². The number of nitriles is 1. The highest BCUT2D eigenvalue weighted by Gasteiger charge is 2.22. The van der Waals surface area contributed by atoms with Crippen molar-refractivity contribution in [2.24, 2.45) is 0 Å². The Morgan fingerprint density at radius 3 is 2.26 bits per heavy atom. The van der Waals surface area contributed by atoms with Gasteiger partial charge in [0.1, 0.15) is 30.2 Å². The molecule has 1 aliphatic rings. The normalized spacial score (nSPS) is 16.5.